The van der Waals surface area contributed by atoms with Crippen LogP contribution in [-0.2, 0) is 0 Å². The molecule has 12 heavy (non-hydrogen) atoms. The number of halogens is 3. The summed E-state index contributed by atoms with van der Waals surface area (Å²) >= 11 is 0. The molecule has 0 N–H and O–H groups in total. The molecule has 0 aliphatic heterocycles. The average Bonchev–Trinajstić information content (AvgIpc) is 2.03. The van der Waals surface area contributed by atoms with Gasteiger partial charge in [-0.2, -0.15) is 5.26 Å². The van der Waals surface area contributed by atoms with Crippen LogP contribution in [0.1, 0.15) is 17.6 Å². The molecule has 0 saturated heterocycles. The van der Waals surface area contributed by atoms with E-state index in [1.807, 2.05) is 0 Å². The van der Waals surface area contributed by atoms with Gasteiger partial charge in [-0.3, -0.25) is 0 Å². The monoisotopic (exact) mass is 171 g/mol. The number of nitriles is 1. The summed E-state index contributed by atoms with van der Waals surface area (Å²) in [6.45, 7) is 0. The van der Waals surface area contributed by atoms with E-state index in [1.165, 1.54) is 0 Å². The SMILES string of the molecule is N#Cc1cc(F)cc(C(F)F)c1. The van der Waals surface area contributed by atoms with E-state index in [4.69, 9.17) is 5.26 Å². The van der Waals surface area contributed by atoms with Gasteiger partial charge in [0.05, 0.1) is 11.6 Å². The van der Waals surface area contributed by atoms with Crippen molar-refractivity contribution in [3.63, 3.8) is 0 Å². The molecule has 1 nitrogen and oxygen atoms in total. The molecule has 4 heteroatoms. The lowest BCUT2D eigenvalue weighted by Crippen LogP contribution is -1.88. The Morgan fingerprint density at radius 3 is 2.42 bits per heavy atom. The summed E-state index contributed by atoms with van der Waals surface area (Å²) in [5, 5.41) is 8.31. The predicted octanol–water partition coefficient (Wildman–Crippen LogP) is 2.63. The minimum atomic E-state index is -2.74. The third kappa shape index (κ3) is 1.76. The standard InChI is InChI=1S/C8H4F3N/c9-7-2-5(4-12)1-6(3-7)8(10)11/h1-3,8H. The fourth-order valence-electron chi connectivity index (χ4n) is 0.803. The second-order valence-electron chi connectivity index (χ2n) is 2.19. The third-order valence-electron chi connectivity index (χ3n) is 1.30. The molecular formula is C8H4F3N. The van der Waals surface area contributed by atoms with Crippen molar-refractivity contribution in [3.05, 3.63) is 35.1 Å². The van der Waals surface area contributed by atoms with Gasteiger partial charge >= 0.3 is 0 Å². The molecule has 0 amide bonds. The third-order valence-corrected chi connectivity index (χ3v) is 1.30. The Kier molecular flexibility index (Phi) is 2.34. The van der Waals surface area contributed by atoms with Crippen LogP contribution in [-0.4, -0.2) is 0 Å². The number of nitrogens with zero attached hydrogens (tertiary/aromatic N) is 1. The normalized spacial score (nSPS) is 9.92. The first-order valence-electron chi connectivity index (χ1n) is 3.12. The molecule has 0 spiro atoms. The first-order chi connectivity index (χ1) is 5.63. The Labute approximate surface area is 67.1 Å². The minimum absolute atomic E-state index is 0.0923. The molecule has 0 fully saturated rings. The molecule has 0 heterocycles. The van der Waals surface area contributed by atoms with Crippen molar-refractivity contribution in [2.75, 3.05) is 0 Å². The molecular weight excluding hydrogens is 167 g/mol. The number of hydrogen-bond acceptors (Lipinski definition) is 1. The zero-order valence-corrected chi connectivity index (χ0v) is 5.89. The molecule has 0 saturated carbocycles. The fourth-order valence-corrected chi connectivity index (χ4v) is 0.803. The Morgan fingerprint density at radius 1 is 1.25 bits per heavy atom. The zero-order valence-electron chi connectivity index (χ0n) is 5.89. The fraction of sp³-hybridized carbons (Fsp3) is 0.125. The maximum atomic E-state index is 12.5. The Hall–Kier alpha value is -1.50. The number of rotatable bonds is 1. The summed E-state index contributed by atoms with van der Waals surface area (Å²) < 4.78 is 36.5. The van der Waals surface area contributed by atoms with Gasteiger partial charge in [0, 0.05) is 5.56 Å². The van der Waals surface area contributed by atoms with E-state index in [2.05, 4.69) is 0 Å². The second kappa shape index (κ2) is 3.26. The highest BCUT2D eigenvalue weighted by Gasteiger charge is 2.09. The van der Waals surface area contributed by atoms with Gasteiger partial charge in [-0.05, 0) is 18.2 Å². The van der Waals surface area contributed by atoms with Crippen LogP contribution in [0.25, 0.3) is 0 Å². The van der Waals surface area contributed by atoms with Crippen molar-refractivity contribution in [1.29, 1.82) is 5.26 Å². The predicted molar refractivity (Wildman–Crippen MR) is 36.1 cm³/mol. The summed E-state index contributed by atoms with van der Waals surface area (Å²) in [4.78, 5) is 0. The molecule has 0 bridgehead atoms. The maximum Gasteiger partial charge on any atom is 0.263 e. The van der Waals surface area contributed by atoms with Gasteiger partial charge in [0.1, 0.15) is 5.82 Å². The first kappa shape index (κ1) is 8.60. The maximum absolute atomic E-state index is 12.5. The second-order valence-corrected chi connectivity index (χ2v) is 2.19. The first-order valence-corrected chi connectivity index (χ1v) is 3.12. The lowest BCUT2D eigenvalue weighted by Gasteiger charge is -1.99. The minimum Gasteiger partial charge on any atom is -0.207 e. The summed E-state index contributed by atoms with van der Waals surface area (Å²) in [7, 11) is 0. The van der Waals surface area contributed by atoms with Gasteiger partial charge in [0.25, 0.3) is 6.43 Å². The molecule has 1 aromatic carbocycles. The van der Waals surface area contributed by atoms with Crippen LogP contribution in [0.4, 0.5) is 13.2 Å². The quantitative estimate of drug-likeness (QED) is 0.637. The van der Waals surface area contributed by atoms with Crippen LogP contribution in [0.15, 0.2) is 18.2 Å². The Bertz CT molecular complexity index is 328. The molecule has 0 aliphatic rings. The van der Waals surface area contributed by atoms with Crippen LogP contribution >= 0.6 is 0 Å². The van der Waals surface area contributed by atoms with Gasteiger partial charge in [0.15, 0.2) is 0 Å². The summed E-state index contributed by atoms with van der Waals surface area (Å²) in [6, 6.07) is 4.18. The average molecular weight is 171 g/mol. The lowest BCUT2D eigenvalue weighted by molar-refractivity contribution is 0.151. The number of hydrogen-bond donors (Lipinski definition) is 0. The highest BCUT2D eigenvalue weighted by atomic mass is 19.3. The van der Waals surface area contributed by atoms with E-state index in [9.17, 15) is 13.2 Å². The van der Waals surface area contributed by atoms with Gasteiger partial charge < -0.3 is 0 Å². The molecule has 62 valence electrons. The van der Waals surface area contributed by atoms with Crippen molar-refractivity contribution >= 4 is 0 Å². The van der Waals surface area contributed by atoms with Crippen LogP contribution < -0.4 is 0 Å². The molecule has 0 atom stereocenters. The Morgan fingerprint density at radius 2 is 1.92 bits per heavy atom. The lowest BCUT2D eigenvalue weighted by atomic mass is 10.1. The Balaban J connectivity index is 3.17. The van der Waals surface area contributed by atoms with Gasteiger partial charge in [-0.1, -0.05) is 0 Å². The van der Waals surface area contributed by atoms with Crippen molar-refractivity contribution in [1.82, 2.24) is 0 Å². The van der Waals surface area contributed by atoms with Crippen LogP contribution in [0.3, 0.4) is 0 Å². The highest BCUT2D eigenvalue weighted by Crippen LogP contribution is 2.20. The van der Waals surface area contributed by atoms with Gasteiger partial charge in [0.2, 0.25) is 0 Å². The molecule has 1 aromatic rings. The van der Waals surface area contributed by atoms with Crippen LogP contribution in [0.2, 0.25) is 0 Å². The van der Waals surface area contributed by atoms with E-state index in [1.54, 1.807) is 6.07 Å². The van der Waals surface area contributed by atoms with Gasteiger partial charge in [-0.15, -0.1) is 0 Å². The van der Waals surface area contributed by atoms with E-state index in [0.29, 0.717) is 6.07 Å². The zero-order chi connectivity index (χ0) is 9.14. The van der Waals surface area contributed by atoms with E-state index in [0.717, 1.165) is 12.1 Å². The van der Waals surface area contributed by atoms with Crippen molar-refractivity contribution in [2.45, 2.75) is 6.43 Å². The van der Waals surface area contributed by atoms with E-state index < -0.39 is 17.8 Å². The number of benzene rings is 1. The summed E-state index contributed by atoms with van der Waals surface area (Å²) in [6.07, 6.45) is -2.74. The molecule has 0 aromatic heterocycles. The van der Waals surface area contributed by atoms with Crippen molar-refractivity contribution < 1.29 is 13.2 Å². The summed E-state index contributed by atoms with van der Waals surface area (Å²) in [5.74, 6) is -0.815. The molecule has 0 unspecified atom stereocenters. The van der Waals surface area contributed by atoms with Crippen molar-refractivity contribution in [3.8, 4) is 6.07 Å². The van der Waals surface area contributed by atoms with Crippen LogP contribution in [0, 0.1) is 17.1 Å². The van der Waals surface area contributed by atoms with Gasteiger partial charge in [-0.25, -0.2) is 13.2 Å². The topological polar surface area (TPSA) is 23.8 Å². The highest BCUT2D eigenvalue weighted by molar-refractivity contribution is 5.34. The largest absolute Gasteiger partial charge is 0.263 e. The number of alkyl halides is 2. The van der Waals surface area contributed by atoms with Crippen molar-refractivity contribution in [2.24, 2.45) is 0 Å². The van der Waals surface area contributed by atoms with E-state index >= 15 is 0 Å². The smallest absolute Gasteiger partial charge is 0.207 e. The van der Waals surface area contributed by atoms with E-state index in [-0.39, 0.29) is 5.56 Å². The summed E-state index contributed by atoms with van der Waals surface area (Å²) in [5.41, 5.74) is -0.558. The molecule has 0 radical (unpaired) electrons. The molecule has 1 rings (SSSR count). The van der Waals surface area contributed by atoms with Crippen LogP contribution in [0.5, 0.6) is 0 Å². The molecule has 0 aliphatic carbocycles.